The minimum atomic E-state index is -2.08. The maximum absolute atomic E-state index is 10.9. The van der Waals surface area contributed by atoms with Crippen LogP contribution >= 0.6 is 0 Å². The second-order valence-corrected chi connectivity index (χ2v) is 72.2. The molecule has 122 valence electrons. The molecule has 0 spiro atoms. The van der Waals surface area contributed by atoms with Crippen molar-refractivity contribution in [1.82, 2.24) is 0 Å². The fourth-order valence-electron chi connectivity index (χ4n) is 3.09. The summed E-state index contributed by atoms with van der Waals surface area (Å²) in [5.74, 6) is 0. The van der Waals surface area contributed by atoms with Gasteiger partial charge in [-0.15, -0.1) is 0 Å². The fraction of sp³-hybridized carbons (Fsp3) is 1.00. The molecule has 0 aliphatic rings. The van der Waals surface area contributed by atoms with Crippen molar-refractivity contribution in [3.63, 3.8) is 0 Å². The van der Waals surface area contributed by atoms with E-state index in [0.29, 0.717) is 0 Å². The van der Waals surface area contributed by atoms with Gasteiger partial charge in [-0.2, -0.15) is 0 Å². The predicted molar refractivity (Wildman–Crippen MR) is 109 cm³/mol. The molecule has 0 radical (unpaired) electrons. The molecule has 0 fully saturated rings. The lowest BCUT2D eigenvalue weighted by molar-refractivity contribution is 0.572. The molecule has 0 saturated carbocycles. The Morgan fingerprint density at radius 3 is 0.600 bits per heavy atom. The van der Waals surface area contributed by atoms with Gasteiger partial charge < -0.3 is 9.59 Å². The van der Waals surface area contributed by atoms with Crippen LogP contribution in [0.25, 0.3) is 0 Å². The molecule has 0 aromatic heterocycles. The first-order chi connectivity index (χ1) is 8.25. The molecule has 0 aliphatic carbocycles. The Labute approximate surface area is 132 Å². The van der Waals surface area contributed by atoms with Gasteiger partial charge in [0.25, 0.3) is 0 Å². The SMILES string of the molecule is C[Si](C)(O)[Si](C)(C)[Si](C)(C)[Si](C)(C)[Si](C)(C)[Si](C)(C)O. The molecule has 0 bridgehead atoms. The van der Waals surface area contributed by atoms with Gasteiger partial charge in [0.2, 0.25) is 0 Å². The van der Waals surface area contributed by atoms with Gasteiger partial charge in [0.1, 0.15) is 0 Å². The summed E-state index contributed by atoms with van der Waals surface area (Å²) in [4.78, 5) is 21.9. The molecule has 2 N–H and O–H groups in total. The van der Waals surface area contributed by atoms with Crippen molar-refractivity contribution in [1.29, 1.82) is 0 Å². The lowest BCUT2D eigenvalue weighted by atomic mass is 11.9. The van der Waals surface area contributed by atoms with Crippen LogP contribution in [0.1, 0.15) is 0 Å². The van der Waals surface area contributed by atoms with E-state index in [9.17, 15) is 9.59 Å². The van der Waals surface area contributed by atoms with Gasteiger partial charge >= 0.3 is 0 Å². The van der Waals surface area contributed by atoms with E-state index in [4.69, 9.17) is 0 Å². The number of rotatable bonds is 5. The average molecular weight is 383 g/mol. The highest BCUT2D eigenvalue weighted by Gasteiger charge is 2.66. The van der Waals surface area contributed by atoms with E-state index in [-0.39, 0.29) is 0 Å². The van der Waals surface area contributed by atoms with Gasteiger partial charge in [-0.1, -0.05) is 52.4 Å². The molecule has 0 heterocycles. The third kappa shape index (κ3) is 2.99. The fourth-order valence-corrected chi connectivity index (χ4v) is 141. The van der Waals surface area contributed by atoms with E-state index in [2.05, 4.69) is 78.6 Å². The highest BCUT2D eigenvalue weighted by atomic mass is 30.0. The van der Waals surface area contributed by atoms with Crippen LogP contribution in [-0.2, 0) is 0 Å². The summed E-state index contributed by atoms with van der Waals surface area (Å²) >= 11 is 0. The van der Waals surface area contributed by atoms with Gasteiger partial charge in [0, 0.05) is 14.2 Å². The third-order valence-electron chi connectivity index (χ3n) is 7.75. The highest BCUT2D eigenvalue weighted by Crippen LogP contribution is 2.40. The average Bonchev–Trinajstić information content (AvgIpc) is 2.12. The van der Waals surface area contributed by atoms with Crippen molar-refractivity contribution < 1.29 is 9.59 Å². The quantitative estimate of drug-likeness (QED) is 0.713. The van der Waals surface area contributed by atoms with Crippen LogP contribution in [0.3, 0.4) is 0 Å². The summed E-state index contributed by atoms with van der Waals surface area (Å²) in [6.07, 6.45) is 0. The van der Waals surface area contributed by atoms with Crippen LogP contribution in [0, 0.1) is 0 Å². The molecule has 0 aromatic rings. The normalized spacial score (nSPS) is 16.5. The zero-order valence-corrected chi connectivity index (χ0v) is 21.9. The Bertz CT molecular complexity index is 327. The van der Waals surface area contributed by atoms with Crippen molar-refractivity contribution in [3.8, 4) is 0 Å². The Morgan fingerprint density at radius 2 is 0.500 bits per heavy atom. The van der Waals surface area contributed by atoms with E-state index >= 15 is 0 Å². The van der Waals surface area contributed by atoms with Gasteiger partial charge in [0.05, 0.1) is 14.2 Å². The molecule has 20 heavy (non-hydrogen) atoms. The molecule has 0 saturated heterocycles. The first-order valence-corrected chi connectivity index (χ1v) is 30.6. The van der Waals surface area contributed by atoms with Crippen molar-refractivity contribution in [2.24, 2.45) is 0 Å². The second kappa shape index (κ2) is 5.39. The zero-order valence-electron chi connectivity index (χ0n) is 15.9. The summed E-state index contributed by atoms with van der Waals surface area (Å²) in [6, 6.07) is 0. The Balaban J connectivity index is 6.08. The van der Waals surface area contributed by atoms with Crippen LogP contribution in [0.5, 0.6) is 0 Å². The Morgan fingerprint density at radius 1 is 0.350 bits per heavy atom. The topological polar surface area (TPSA) is 40.5 Å². The lowest BCUT2D eigenvalue weighted by Crippen LogP contribution is -2.88. The standard InChI is InChI=1S/C12H38O2Si6/c1-15(2,13)17(5,6)19(9,10)20(11,12)18(7,8)16(3,4)14/h13-14H,1-12H3. The van der Waals surface area contributed by atoms with Crippen LogP contribution in [-0.4, -0.2) is 53.7 Å². The lowest BCUT2D eigenvalue weighted by Gasteiger charge is -2.59. The van der Waals surface area contributed by atoms with Crippen molar-refractivity contribution in [2.45, 2.75) is 78.6 Å². The molecule has 0 amide bonds. The molecule has 0 unspecified atom stereocenters. The predicted octanol–water partition coefficient (Wildman–Crippen LogP) is 3.61. The summed E-state index contributed by atoms with van der Waals surface area (Å²) in [6.45, 7) is 28.7. The van der Waals surface area contributed by atoms with E-state index in [1.54, 1.807) is 0 Å². The molecule has 0 aromatic carbocycles. The summed E-state index contributed by atoms with van der Waals surface area (Å²) in [5.41, 5.74) is 0. The molecular formula is C12H38O2Si6. The summed E-state index contributed by atoms with van der Waals surface area (Å²) in [7, 11) is -10.4. The van der Waals surface area contributed by atoms with Gasteiger partial charge in [-0.3, -0.25) is 0 Å². The minimum absolute atomic E-state index is 1.51. The number of hydrogen-bond acceptors (Lipinski definition) is 2. The smallest absolute Gasteiger partial charge is 0.166 e. The van der Waals surface area contributed by atoms with Crippen molar-refractivity contribution in [2.75, 3.05) is 0 Å². The van der Waals surface area contributed by atoms with E-state index in [1.807, 2.05) is 0 Å². The van der Waals surface area contributed by atoms with Gasteiger partial charge in [0.15, 0.2) is 15.7 Å². The molecule has 2 nitrogen and oxygen atoms in total. The molecular weight excluding hydrogens is 345 g/mol. The number of hydrogen-bond donors (Lipinski definition) is 2. The minimum Gasteiger partial charge on any atom is -0.435 e. The van der Waals surface area contributed by atoms with Gasteiger partial charge in [-0.25, -0.2) is 0 Å². The summed E-state index contributed by atoms with van der Waals surface area (Å²) < 4.78 is 0. The first kappa shape index (κ1) is 21.2. The largest absolute Gasteiger partial charge is 0.435 e. The molecule has 8 heteroatoms. The Kier molecular flexibility index (Phi) is 5.72. The van der Waals surface area contributed by atoms with E-state index in [0.717, 1.165) is 0 Å². The maximum Gasteiger partial charge on any atom is 0.166 e. The van der Waals surface area contributed by atoms with E-state index in [1.165, 1.54) is 0 Å². The first-order valence-electron chi connectivity index (χ1n) is 7.70. The Hall–Kier alpha value is 1.22. The molecule has 0 atom stereocenters. The van der Waals surface area contributed by atoms with Gasteiger partial charge in [-0.05, 0) is 26.2 Å². The van der Waals surface area contributed by atoms with Crippen LogP contribution in [0.2, 0.25) is 78.6 Å². The van der Waals surface area contributed by atoms with Crippen LogP contribution in [0.15, 0.2) is 0 Å². The monoisotopic (exact) mass is 382 g/mol. The maximum atomic E-state index is 10.9. The van der Waals surface area contributed by atoms with Crippen molar-refractivity contribution >= 4 is 44.1 Å². The molecule has 0 rings (SSSR count). The van der Waals surface area contributed by atoms with Crippen molar-refractivity contribution in [3.05, 3.63) is 0 Å². The highest BCUT2D eigenvalue weighted by molar-refractivity contribution is 7.96. The zero-order chi connectivity index (χ0) is 17.0. The van der Waals surface area contributed by atoms with Crippen LogP contribution in [0.4, 0.5) is 0 Å². The third-order valence-corrected chi connectivity index (χ3v) is 121. The van der Waals surface area contributed by atoms with E-state index < -0.39 is 44.1 Å². The second-order valence-electron chi connectivity index (χ2n) is 9.62. The summed E-state index contributed by atoms with van der Waals surface area (Å²) in [5, 5.41) is 0. The molecule has 0 aliphatic heterocycles. The van der Waals surface area contributed by atoms with Crippen LogP contribution < -0.4 is 0 Å².